The second-order valence-corrected chi connectivity index (χ2v) is 6.97. The maximum absolute atomic E-state index is 5.99. The highest BCUT2D eigenvalue weighted by Crippen LogP contribution is 2.14. The molecule has 0 amide bonds. The van der Waals surface area contributed by atoms with E-state index in [9.17, 15) is 0 Å². The first-order valence-corrected chi connectivity index (χ1v) is 10.2. The summed E-state index contributed by atoms with van der Waals surface area (Å²) in [5.41, 5.74) is 3.63. The SMILES string of the molecule is CCNC(=NCc1ccccc1)NCc1ccc(COC2CCOCC2)cc1.I. The van der Waals surface area contributed by atoms with Crippen molar-refractivity contribution >= 4 is 29.9 Å². The molecule has 1 saturated heterocycles. The summed E-state index contributed by atoms with van der Waals surface area (Å²) in [6.45, 7) is 6.61. The van der Waals surface area contributed by atoms with Crippen LogP contribution in [0.15, 0.2) is 59.6 Å². The molecule has 1 aliphatic rings. The zero-order chi connectivity index (χ0) is 19.4. The van der Waals surface area contributed by atoms with Crippen molar-refractivity contribution in [2.45, 2.75) is 45.6 Å². The lowest BCUT2D eigenvalue weighted by Gasteiger charge is -2.22. The maximum atomic E-state index is 5.99. The Balaban J connectivity index is 0.00000300. The van der Waals surface area contributed by atoms with Crippen molar-refractivity contribution in [3.63, 3.8) is 0 Å². The van der Waals surface area contributed by atoms with Gasteiger partial charge in [-0.1, -0.05) is 54.6 Å². The van der Waals surface area contributed by atoms with Gasteiger partial charge >= 0.3 is 0 Å². The molecule has 0 bridgehead atoms. The van der Waals surface area contributed by atoms with E-state index in [0.29, 0.717) is 19.3 Å². The molecule has 2 aromatic carbocycles. The minimum absolute atomic E-state index is 0. The highest BCUT2D eigenvalue weighted by Gasteiger charge is 2.13. The summed E-state index contributed by atoms with van der Waals surface area (Å²) in [5.74, 6) is 0.832. The number of aliphatic imine (C=N–C) groups is 1. The second kappa shape index (κ2) is 13.6. The molecule has 2 N–H and O–H groups in total. The molecule has 0 spiro atoms. The number of hydrogen-bond acceptors (Lipinski definition) is 3. The summed E-state index contributed by atoms with van der Waals surface area (Å²) in [6.07, 6.45) is 2.33. The van der Waals surface area contributed by atoms with Crippen molar-refractivity contribution in [3.8, 4) is 0 Å². The van der Waals surface area contributed by atoms with Crippen LogP contribution in [0.4, 0.5) is 0 Å². The molecule has 2 aromatic rings. The van der Waals surface area contributed by atoms with Gasteiger partial charge in [-0.05, 0) is 36.5 Å². The Labute approximate surface area is 191 Å². The molecule has 0 radical (unpaired) electrons. The summed E-state index contributed by atoms with van der Waals surface area (Å²) in [4.78, 5) is 4.66. The van der Waals surface area contributed by atoms with E-state index in [4.69, 9.17) is 9.47 Å². The minimum atomic E-state index is 0. The number of guanidine groups is 1. The Hall–Kier alpha value is -1.64. The van der Waals surface area contributed by atoms with E-state index in [1.807, 2.05) is 18.2 Å². The Morgan fingerprint density at radius 1 is 0.966 bits per heavy atom. The van der Waals surface area contributed by atoms with E-state index < -0.39 is 0 Å². The van der Waals surface area contributed by atoms with Crippen molar-refractivity contribution < 1.29 is 9.47 Å². The molecule has 0 aromatic heterocycles. The smallest absolute Gasteiger partial charge is 0.191 e. The fraction of sp³-hybridized carbons (Fsp3) is 0.435. The zero-order valence-corrected chi connectivity index (χ0v) is 19.4. The number of rotatable bonds is 8. The summed E-state index contributed by atoms with van der Waals surface area (Å²) in [6, 6.07) is 18.9. The third-order valence-electron chi connectivity index (χ3n) is 4.74. The largest absolute Gasteiger partial charge is 0.381 e. The number of nitrogens with one attached hydrogen (secondary N) is 2. The maximum Gasteiger partial charge on any atom is 0.191 e. The highest BCUT2D eigenvalue weighted by atomic mass is 127. The van der Waals surface area contributed by atoms with E-state index in [0.717, 1.165) is 45.1 Å². The van der Waals surface area contributed by atoms with Crippen LogP contribution in [0.2, 0.25) is 0 Å². The van der Waals surface area contributed by atoms with Crippen molar-refractivity contribution in [2.75, 3.05) is 19.8 Å². The molecule has 3 rings (SSSR count). The molecule has 5 nitrogen and oxygen atoms in total. The van der Waals surface area contributed by atoms with Crippen molar-refractivity contribution in [3.05, 3.63) is 71.3 Å². The van der Waals surface area contributed by atoms with Gasteiger partial charge in [0, 0.05) is 26.3 Å². The number of benzene rings is 2. The summed E-state index contributed by atoms with van der Waals surface area (Å²) in [7, 11) is 0. The monoisotopic (exact) mass is 509 g/mol. The molecular weight excluding hydrogens is 477 g/mol. The van der Waals surface area contributed by atoms with Crippen LogP contribution in [0.25, 0.3) is 0 Å². The van der Waals surface area contributed by atoms with E-state index in [1.54, 1.807) is 0 Å². The number of hydrogen-bond donors (Lipinski definition) is 2. The van der Waals surface area contributed by atoms with Crippen molar-refractivity contribution in [1.82, 2.24) is 10.6 Å². The van der Waals surface area contributed by atoms with Gasteiger partial charge in [0.1, 0.15) is 0 Å². The molecular formula is C23H32IN3O2. The number of halogens is 1. The Morgan fingerprint density at radius 3 is 2.34 bits per heavy atom. The fourth-order valence-corrected chi connectivity index (χ4v) is 3.09. The molecule has 1 heterocycles. The fourth-order valence-electron chi connectivity index (χ4n) is 3.09. The molecule has 29 heavy (non-hydrogen) atoms. The summed E-state index contributed by atoms with van der Waals surface area (Å²) in [5, 5.41) is 6.70. The van der Waals surface area contributed by atoms with E-state index in [2.05, 4.69) is 58.9 Å². The third kappa shape index (κ3) is 8.72. The molecule has 0 aliphatic carbocycles. The van der Waals surface area contributed by atoms with Crippen LogP contribution >= 0.6 is 24.0 Å². The van der Waals surface area contributed by atoms with E-state index in [1.165, 1.54) is 16.7 Å². The van der Waals surface area contributed by atoms with Gasteiger partial charge in [-0.3, -0.25) is 0 Å². The highest BCUT2D eigenvalue weighted by molar-refractivity contribution is 14.0. The van der Waals surface area contributed by atoms with Gasteiger partial charge in [-0.25, -0.2) is 4.99 Å². The van der Waals surface area contributed by atoms with Crippen molar-refractivity contribution in [2.24, 2.45) is 4.99 Å². The van der Waals surface area contributed by atoms with Gasteiger partial charge in [0.15, 0.2) is 5.96 Å². The Kier molecular flexibility index (Phi) is 11.1. The quantitative estimate of drug-likeness (QED) is 0.318. The molecule has 1 aliphatic heterocycles. The first-order valence-electron chi connectivity index (χ1n) is 10.2. The third-order valence-corrected chi connectivity index (χ3v) is 4.74. The first-order chi connectivity index (χ1) is 13.8. The number of nitrogens with zero attached hydrogens (tertiary/aromatic N) is 1. The summed E-state index contributed by atoms with van der Waals surface area (Å²) >= 11 is 0. The predicted octanol–water partition coefficient (Wildman–Crippen LogP) is 4.26. The Bertz CT molecular complexity index is 717. The van der Waals surface area contributed by atoms with Crippen LogP contribution in [-0.4, -0.2) is 31.8 Å². The van der Waals surface area contributed by atoms with Crippen LogP contribution < -0.4 is 10.6 Å². The standard InChI is InChI=1S/C23H31N3O2.HI/c1-2-24-23(25-16-19-6-4-3-5-7-19)26-17-20-8-10-21(11-9-20)18-28-22-12-14-27-15-13-22;/h3-11,22H,2,12-18H2,1H3,(H2,24,25,26);1H. The Morgan fingerprint density at radius 2 is 1.66 bits per heavy atom. The van der Waals surface area contributed by atoms with Crippen LogP contribution in [0.1, 0.15) is 36.5 Å². The lowest BCUT2D eigenvalue weighted by molar-refractivity contribution is -0.0390. The molecule has 6 heteroatoms. The van der Waals surface area contributed by atoms with E-state index >= 15 is 0 Å². The molecule has 0 atom stereocenters. The minimum Gasteiger partial charge on any atom is -0.381 e. The summed E-state index contributed by atoms with van der Waals surface area (Å²) < 4.78 is 11.4. The van der Waals surface area contributed by atoms with Gasteiger partial charge in [0.25, 0.3) is 0 Å². The van der Waals surface area contributed by atoms with Gasteiger partial charge in [-0.15, -0.1) is 24.0 Å². The van der Waals surface area contributed by atoms with Gasteiger partial charge in [0.2, 0.25) is 0 Å². The van der Waals surface area contributed by atoms with Crippen LogP contribution in [-0.2, 0) is 29.2 Å². The normalized spacial score (nSPS) is 14.9. The first kappa shape index (κ1) is 23.6. The average molecular weight is 509 g/mol. The number of ether oxygens (including phenoxy) is 2. The lowest BCUT2D eigenvalue weighted by atomic mass is 10.1. The molecule has 0 saturated carbocycles. The van der Waals surface area contributed by atoms with Gasteiger partial charge in [0.05, 0.1) is 19.3 Å². The molecule has 1 fully saturated rings. The molecule has 158 valence electrons. The lowest BCUT2D eigenvalue weighted by Crippen LogP contribution is -2.36. The van der Waals surface area contributed by atoms with Crippen LogP contribution in [0.5, 0.6) is 0 Å². The van der Waals surface area contributed by atoms with Crippen molar-refractivity contribution in [1.29, 1.82) is 0 Å². The zero-order valence-electron chi connectivity index (χ0n) is 17.1. The van der Waals surface area contributed by atoms with E-state index in [-0.39, 0.29) is 24.0 Å². The van der Waals surface area contributed by atoms with Crippen LogP contribution in [0, 0.1) is 0 Å². The van der Waals surface area contributed by atoms with Gasteiger partial charge < -0.3 is 20.1 Å². The predicted molar refractivity (Wildman–Crippen MR) is 129 cm³/mol. The van der Waals surface area contributed by atoms with Crippen LogP contribution in [0.3, 0.4) is 0 Å². The molecule has 0 unspecified atom stereocenters. The second-order valence-electron chi connectivity index (χ2n) is 6.97. The topological polar surface area (TPSA) is 54.9 Å². The average Bonchev–Trinajstić information content (AvgIpc) is 2.76. The van der Waals surface area contributed by atoms with Gasteiger partial charge in [-0.2, -0.15) is 0 Å².